The molecular formula is C26H29F2N3O3. The molecule has 6 nitrogen and oxygen atoms in total. The number of halogens is 2. The third kappa shape index (κ3) is 4.21. The molecule has 2 fully saturated rings. The average Bonchev–Trinajstić information content (AvgIpc) is 2.80. The number of nitrogens with one attached hydrogen (secondary N) is 2. The van der Waals surface area contributed by atoms with Gasteiger partial charge in [0, 0.05) is 25.0 Å². The van der Waals surface area contributed by atoms with Gasteiger partial charge in [0.2, 0.25) is 5.91 Å². The van der Waals surface area contributed by atoms with Gasteiger partial charge in [-0.3, -0.25) is 4.79 Å². The molecule has 2 aliphatic carbocycles. The van der Waals surface area contributed by atoms with Crippen molar-refractivity contribution in [3.05, 3.63) is 59.2 Å². The fraction of sp³-hybridized carbons (Fsp3) is 0.462. The van der Waals surface area contributed by atoms with Gasteiger partial charge in [0.1, 0.15) is 5.75 Å². The van der Waals surface area contributed by atoms with Crippen LogP contribution in [0.3, 0.4) is 0 Å². The highest BCUT2D eigenvalue weighted by molar-refractivity contribution is 5.97. The molecule has 2 aromatic rings. The van der Waals surface area contributed by atoms with Crippen LogP contribution in [0.5, 0.6) is 5.75 Å². The molecule has 8 heteroatoms. The quantitative estimate of drug-likeness (QED) is 0.686. The largest absolute Gasteiger partial charge is 0.497 e. The zero-order valence-corrected chi connectivity index (χ0v) is 19.2. The van der Waals surface area contributed by atoms with Crippen molar-refractivity contribution in [1.29, 1.82) is 0 Å². The molecule has 180 valence electrons. The number of hydrogen-bond acceptors (Lipinski definition) is 3. The molecular weight excluding hydrogens is 440 g/mol. The third-order valence-corrected chi connectivity index (χ3v) is 7.53. The van der Waals surface area contributed by atoms with E-state index in [9.17, 15) is 18.4 Å². The van der Waals surface area contributed by atoms with Crippen LogP contribution in [0.15, 0.2) is 36.4 Å². The second kappa shape index (κ2) is 8.89. The Morgan fingerprint density at radius 2 is 1.82 bits per heavy atom. The summed E-state index contributed by atoms with van der Waals surface area (Å²) < 4.78 is 33.4. The van der Waals surface area contributed by atoms with E-state index in [0.717, 1.165) is 49.5 Å². The van der Waals surface area contributed by atoms with E-state index in [2.05, 4.69) is 10.6 Å². The number of ether oxygens (including phenoxy) is 1. The number of anilines is 1. The second-order valence-corrected chi connectivity index (χ2v) is 9.85. The molecule has 3 amide bonds. The maximum atomic E-state index is 14.5. The highest BCUT2D eigenvalue weighted by Crippen LogP contribution is 2.59. The lowest BCUT2D eigenvalue weighted by molar-refractivity contribution is -0.135. The van der Waals surface area contributed by atoms with Gasteiger partial charge in [-0.25, -0.2) is 13.6 Å². The Hall–Kier alpha value is -3.16. The summed E-state index contributed by atoms with van der Waals surface area (Å²) >= 11 is 0. The Morgan fingerprint density at radius 3 is 2.53 bits per heavy atom. The first-order chi connectivity index (χ1) is 16.4. The minimum Gasteiger partial charge on any atom is -0.497 e. The molecule has 34 heavy (non-hydrogen) atoms. The van der Waals surface area contributed by atoms with Crippen molar-refractivity contribution in [2.75, 3.05) is 18.6 Å². The molecule has 0 aromatic heterocycles. The molecule has 0 bridgehead atoms. The van der Waals surface area contributed by atoms with Gasteiger partial charge < -0.3 is 20.3 Å². The number of amides is 3. The summed E-state index contributed by atoms with van der Waals surface area (Å²) in [7, 11) is 1.61. The Labute approximate surface area is 197 Å². The molecule has 0 saturated heterocycles. The summed E-state index contributed by atoms with van der Waals surface area (Å²) in [5.74, 6) is -1.34. The summed E-state index contributed by atoms with van der Waals surface area (Å²) in [4.78, 5) is 26.8. The SMILES string of the molecule is COc1ccc(CNC(=O)NC2CC3(C2)CC(C(=O)N2CCCc4ccc(F)c(F)c42)C3)cc1. The number of nitrogens with zero attached hydrogens (tertiary/aromatic N) is 1. The van der Waals surface area contributed by atoms with Crippen LogP contribution in [0.25, 0.3) is 0 Å². The number of aryl methyl sites for hydroxylation is 1. The van der Waals surface area contributed by atoms with Gasteiger partial charge in [0.25, 0.3) is 0 Å². The molecule has 1 heterocycles. The number of urea groups is 1. The summed E-state index contributed by atoms with van der Waals surface area (Å²) in [6, 6.07) is 10.1. The van der Waals surface area contributed by atoms with Crippen LogP contribution in [-0.4, -0.2) is 31.6 Å². The van der Waals surface area contributed by atoms with Crippen LogP contribution in [0.2, 0.25) is 0 Å². The highest BCUT2D eigenvalue weighted by atomic mass is 19.2. The number of rotatable bonds is 5. The van der Waals surface area contributed by atoms with E-state index in [0.29, 0.717) is 25.1 Å². The lowest BCUT2D eigenvalue weighted by Crippen LogP contribution is -2.60. The van der Waals surface area contributed by atoms with Crippen LogP contribution in [0, 0.1) is 23.0 Å². The second-order valence-electron chi connectivity index (χ2n) is 9.85. The predicted octanol–water partition coefficient (Wildman–Crippen LogP) is 4.31. The van der Waals surface area contributed by atoms with Crippen LogP contribution in [0.4, 0.5) is 19.3 Å². The minimum absolute atomic E-state index is 0.0767. The molecule has 3 aliphatic rings. The highest BCUT2D eigenvalue weighted by Gasteiger charge is 2.56. The Morgan fingerprint density at radius 1 is 1.09 bits per heavy atom. The maximum Gasteiger partial charge on any atom is 0.315 e. The molecule has 2 N–H and O–H groups in total. The maximum absolute atomic E-state index is 14.5. The van der Waals surface area contributed by atoms with E-state index in [1.54, 1.807) is 13.2 Å². The lowest BCUT2D eigenvalue weighted by Gasteiger charge is -2.57. The molecule has 0 atom stereocenters. The van der Waals surface area contributed by atoms with Crippen molar-refractivity contribution < 1.29 is 23.1 Å². The van der Waals surface area contributed by atoms with Gasteiger partial charge >= 0.3 is 6.03 Å². The molecule has 0 unspecified atom stereocenters. The fourth-order valence-corrected chi connectivity index (χ4v) is 5.80. The van der Waals surface area contributed by atoms with Crippen molar-refractivity contribution in [3.8, 4) is 5.75 Å². The number of benzene rings is 2. The van der Waals surface area contributed by atoms with Crippen LogP contribution < -0.4 is 20.3 Å². The van der Waals surface area contributed by atoms with Crippen LogP contribution in [0.1, 0.15) is 43.2 Å². The van der Waals surface area contributed by atoms with Crippen molar-refractivity contribution in [1.82, 2.24) is 10.6 Å². The zero-order chi connectivity index (χ0) is 23.9. The van der Waals surface area contributed by atoms with Gasteiger partial charge in [-0.15, -0.1) is 0 Å². The normalized spacial score (nSPS) is 25.1. The van der Waals surface area contributed by atoms with Gasteiger partial charge in [-0.05, 0) is 73.3 Å². The molecule has 5 rings (SSSR count). The van der Waals surface area contributed by atoms with Crippen LogP contribution in [-0.2, 0) is 17.8 Å². The third-order valence-electron chi connectivity index (χ3n) is 7.53. The smallest absolute Gasteiger partial charge is 0.315 e. The Bertz CT molecular complexity index is 1090. The first-order valence-electron chi connectivity index (χ1n) is 11.8. The number of carbonyl (C=O) groups is 2. The summed E-state index contributed by atoms with van der Waals surface area (Å²) in [5.41, 5.74) is 1.88. The van der Waals surface area contributed by atoms with Crippen LogP contribution >= 0.6 is 0 Å². The molecule has 1 spiro atoms. The average molecular weight is 470 g/mol. The summed E-state index contributed by atoms with van der Waals surface area (Å²) in [6.45, 7) is 0.854. The van der Waals surface area contributed by atoms with E-state index < -0.39 is 11.6 Å². The first kappa shape index (κ1) is 22.6. The standard InChI is InChI=1S/C26H29F2N3O3/c1-34-20-7-4-16(5-8-20)15-29-25(33)30-19-13-26(14-19)11-18(12-26)24(32)31-10-2-3-17-6-9-21(27)22(28)23(17)31/h4-9,18-19H,2-3,10-15H2,1H3,(H2,29,30,33). The van der Waals surface area contributed by atoms with Crippen molar-refractivity contribution in [2.24, 2.45) is 11.3 Å². The minimum atomic E-state index is -0.923. The molecule has 0 radical (unpaired) electrons. The van der Waals surface area contributed by atoms with Crippen molar-refractivity contribution >= 4 is 17.6 Å². The fourth-order valence-electron chi connectivity index (χ4n) is 5.80. The Kier molecular flexibility index (Phi) is 5.91. The monoisotopic (exact) mass is 469 g/mol. The van der Waals surface area contributed by atoms with Crippen molar-refractivity contribution in [3.63, 3.8) is 0 Å². The van der Waals surface area contributed by atoms with E-state index in [-0.39, 0.29) is 35.0 Å². The van der Waals surface area contributed by atoms with Gasteiger partial charge in [-0.2, -0.15) is 0 Å². The number of carbonyl (C=O) groups excluding carboxylic acids is 2. The van der Waals surface area contributed by atoms with Gasteiger partial charge in [0.05, 0.1) is 12.8 Å². The van der Waals surface area contributed by atoms with Crippen molar-refractivity contribution in [2.45, 2.75) is 51.1 Å². The molecule has 2 aromatic carbocycles. The molecule has 1 aliphatic heterocycles. The summed E-state index contributed by atoms with van der Waals surface area (Å²) in [6.07, 6.45) is 4.55. The number of methoxy groups -OCH3 is 1. The van der Waals surface area contributed by atoms with E-state index in [1.807, 2.05) is 24.3 Å². The molecule has 2 saturated carbocycles. The Balaban J connectivity index is 1.09. The predicted molar refractivity (Wildman–Crippen MR) is 124 cm³/mol. The van der Waals surface area contributed by atoms with E-state index >= 15 is 0 Å². The summed E-state index contributed by atoms with van der Waals surface area (Å²) in [5, 5.41) is 5.88. The van der Waals surface area contributed by atoms with Gasteiger partial charge in [-0.1, -0.05) is 18.2 Å². The zero-order valence-electron chi connectivity index (χ0n) is 19.2. The first-order valence-corrected chi connectivity index (χ1v) is 11.8. The topological polar surface area (TPSA) is 70.7 Å². The van der Waals surface area contributed by atoms with Gasteiger partial charge in [0.15, 0.2) is 11.6 Å². The number of hydrogen-bond donors (Lipinski definition) is 2. The van der Waals surface area contributed by atoms with E-state index in [1.165, 1.54) is 4.90 Å². The lowest BCUT2D eigenvalue weighted by atomic mass is 9.49. The van der Waals surface area contributed by atoms with E-state index in [4.69, 9.17) is 4.74 Å². The number of fused-ring (bicyclic) bond motifs is 1.